The Labute approximate surface area is 169 Å². The lowest BCUT2D eigenvalue weighted by molar-refractivity contribution is 0.261. The summed E-state index contributed by atoms with van der Waals surface area (Å²) in [6, 6.07) is 12.0. The van der Waals surface area contributed by atoms with Gasteiger partial charge in [0, 0.05) is 30.9 Å². The highest BCUT2D eigenvalue weighted by molar-refractivity contribution is 7.89. The minimum absolute atomic E-state index is 0.250. The number of benzene rings is 1. The van der Waals surface area contributed by atoms with Crippen LogP contribution in [0.3, 0.4) is 0 Å². The van der Waals surface area contributed by atoms with Crippen molar-refractivity contribution in [3.05, 3.63) is 63.7 Å². The lowest BCUT2D eigenvalue weighted by Crippen LogP contribution is -2.46. The summed E-state index contributed by atoms with van der Waals surface area (Å²) < 4.78 is 29.4. The molecule has 0 saturated carbocycles. The molecule has 0 bridgehead atoms. The van der Waals surface area contributed by atoms with E-state index in [0.29, 0.717) is 31.6 Å². The van der Waals surface area contributed by atoms with Crippen molar-refractivity contribution in [2.45, 2.75) is 37.1 Å². The van der Waals surface area contributed by atoms with Crippen molar-refractivity contribution in [2.75, 3.05) is 13.1 Å². The van der Waals surface area contributed by atoms with Gasteiger partial charge in [-0.05, 0) is 38.3 Å². The largest absolute Gasteiger partial charge is 0.260 e. The van der Waals surface area contributed by atoms with Gasteiger partial charge in [-0.25, -0.2) is 13.4 Å². The first-order valence-electron chi connectivity index (χ1n) is 9.32. The number of aromatic nitrogens is 3. The third kappa shape index (κ3) is 3.19. The molecule has 1 fully saturated rings. The Hall–Kier alpha value is -2.03. The van der Waals surface area contributed by atoms with Crippen LogP contribution >= 0.6 is 11.3 Å². The molecule has 28 heavy (non-hydrogen) atoms. The maximum atomic E-state index is 13.2. The van der Waals surface area contributed by atoms with Crippen molar-refractivity contribution in [1.29, 1.82) is 0 Å². The average molecular weight is 417 g/mol. The molecule has 1 aliphatic rings. The van der Waals surface area contributed by atoms with Crippen LogP contribution in [0.25, 0.3) is 0 Å². The number of hydrogen-bond acceptors (Lipinski definition) is 5. The Balaban J connectivity index is 1.67. The van der Waals surface area contributed by atoms with Crippen LogP contribution in [0, 0.1) is 13.8 Å². The van der Waals surface area contributed by atoms with E-state index in [0.717, 1.165) is 10.7 Å². The first-order valence-corrected chi connectivity index (χ1v) is 11.6. The molecule has 6 nitrogen and oxygen atoms in total. The van der Waals surface area contributed by atoms with Crippen molar-refractivity contribution >= 4 is 21.4 Å². The molecule has 0 amide bonds. The van der Waals surface area contributed by atoms with Gasteiger partial charge in [-0.15, -0.1) is 11.3 Å². The van der Waals surface area contributed by atoms with E-state index in [2.05, 4.69) is 22.6 Å². The first-order chi connectivity index (χ1) is 13.3. The highest BCUT2D eigenvalue weighted by Gasteiger charge is 2.43. The van der Waals surface area contributed by atoms with E-state index in [9.17, 15) is 8.42 Å². The van der Waals surface area contributed by atoms with Gasteiger partial charge < -0.3 is 0 Å². The molecule has 3 aromatic rings. The highest BCUT2D eigenvalue weighted by Crippen LogP contribution is 2.42. The molecule has 0 spiro atoms. The second kappa shape index (κ2) is 7.09. The zero-order valence-corrected chi connectivity index (χ0v) is 17.9. The minimum Gasteiger partial charge on any atom is -0.256 e. The van der Waals surface area contributed by atoms with Crippen LogP contribution in [0.1, 0.15) is 34.8 Å². The maximum absolute atomic E-state index is 13.2. The fourth-order valence-electron chi connectivity index (χ4n) is 4.10. The number of thiazole rings is 1. The zero-order valence-electron chi connectivity index (χ0n) is 16.3. The number of hydrogen-bond donors (Lipinski definition) is 0. The molecule has 0 N–H and O–H groups in total. The van der Waals surface area contributed by atoms with E-state index < -0.39 is 10.0 Å². The van der Waals surface area contributed by atoms with E-state index in [1.807, 2.05) is 25.1 Å². The lowest BCUT2D eigenvalue weighted by Gasteiger charge is -2.40. The molecule has 0 unspecified atom stereocenters. The average Bonchev–Trinajstić information content (AvgIpc) is 3.28. The quantitative estimate of drug-likeness (QED) is 0.655. The van der Waals surface area contributed by atoms with Gasteiger partial charge in [0.15, 0.2) is 5.03 Å². The summed E-state index contributed by atoms with van der Waals surface area (Å²) in [5.41, 5.74) is 2.71. The second-order valence-corrected chi connectivity index (χ2v) is 10.3. The smallest absolute Gasteiger partial charge is 0.256 e. The Morgan fingerprint density at radius 3 is 2.32 bits per heavy atom. The van der Waals surface area contributed by atoms with Crippen LogP contribution in [0.4, 0.5) is 0 Å². The molecule has 1 aliphatic heterocycles. The number of rotatable bonds is 4. The van der Waals surface area contributed by atoms with E-state index in [-0.39, 0.29) is 10.4 Å². The number of nitrogens with zero attached hydrogens (tertiary/aromatic N) is 4. The van der Waals surface area contributed by atoms with Gasteiger partial charge in [0.25, 0.3) is 10.0 Å². The predicted molar refractivity (Wildman–Crippen MR) is 110 cm³/mol. The van der Waals surface area contributed by atoms with Gasteiger partial charge in [0.05, 0.1) is 16.4 Å². The molecule has 0 atom stereocenters. The Kier molecular flexibility index (Phi) is 4.89. The summed E-state index contributed by atoms with van der Waals surface area (Å²) in [7, 11) is -1.89. The summed E-state index contributed by atoms with van der Waals surface area (Å²) >= 11 is 1.64. The number of piperidine rings is 1. The van der Waals surface area contributed by atoms with E-state index in [1.54, 1.807) is 35.7 Å². The second-order valence-electron chi connectivity index (χ2n) is 7.35. The van der Waals surface area contributed by atoms with E-state index in [1.165, 1.54) is 10.2 Å². The summed E-state index contributed by atoms with van der Waals surface area (Å²) in [5.74, 6) is 0. The van der Waals surface area contributed by atoms with Crippen molar-refractivity contribution < 1.29 is 8.42 Å². The van der Waals surface area contributed by atoms with Crippen LogP contribution in [0.2, 0.25) is 0 Å². The molecule has 1 aromatic carbocycles. The monoisotopic (exact) mass is 416 g/mol. The standard InChI is InChI=1S/C20H24N4O2S2/c1-15-13-19(23(3)22-15)28(25,26)24-11-9-20(10-12-24,17-7-5-4-6-8-17)18-14-27-16(2)21-18/h4-8,13-14H,9-12H2,1-3H3. The highest BCUT2D eigenvalue weighted by atomic mass is 32.2. The van der Waals surface area contributed by atoms with Crippen molar-refractivity contribution in [1.82, 2.24) is 19.1 Å². The third-order valence-electron chi connectivity index (χ3n) is 5.57. The zero-order chi connectivity index (χ0) is 19.9. The van der Waals surface area contributed by atoms with Crippen LogP contribution in [0.15, 0.2) is 46.8 Å². The molecule has 4 rings (SSSR count). The predicted octanol–water partition coefficient (Wildman–Crippen LogP) is 3.26. The van der Waals surface area contributed by atoms with Gasteiger partial charge in [0.1, 0.15) is 0 Å². The molecule has 3 heterocycles. The molecule has 1 saturated heterocycles. The maximum Gasteiger partial charge on any atom is 0.260 e. The van der Waals surface area contributed by atoms with Gasteiger partial charge >= 0.3 is 0 Å². The number of aryl methyl sites for hydroxylation is 3. The Bertz CT molecular complexity index is 1080. The molecule has 0 aliphatic carbocycles. The third-order valence-corrected chi connectivity index (χ3v) is 8.30. The topological polar surface area (TPSA) is 68.1 Å². The van der Waals surface area contributed by atoms with Crippen molar-refractivity contribution in [3.8, 4) is 0 Å². The summed E-state index contributed by atoms with van der Waals surface area (Å²) in [6.45, 7) is 4.73. The minimum atomic E-state index is -3.57. The van der Waals surface area contributed by atoms with Crippen LogP contribution in [-0.2, 0) is 22.5 Å². The fraction of sp³-hybridized carbons (Fsp3) is 0.400. The van der Waals surface area contributed by atoms with Crippen LogP contribution in [0.5, 0.6) is 0 Å². The molecule has 0 radical (unpaired) electrons. The van der Waals surface area contributed by atoms with Gasteiger partial charge in [-0.2, -0.15) is 9.40 Å². The molecular weight excluding hydrogens is 392 g/mol. The first kappa shape index (κ1) is 19.3. The number of sulfonamides is 1. The Morgan fingerprint density at radius 1 is 1.11 bits per heavy atom. The SMILES string of the molecule is Cc1cc(S(=O)(=O)N2CCC(c3ccccc3)(c3csc(C)n3)CC2)n(C)n1. The normalized spacial score (nSPS) is 17.7. The van der Waals surface area contributed by atoms with E-state index >= 15 is 0 Å². The van der Waals surface area contributed by atoms with Crippen molar-refractivity contribution in [3.63, 3.8) is 0 Å². The van der Waals surface area contributed by atoms with E-state index in [4.69, 9.17) is 4.98 Å². The summed E-state index contributed by atoms with van der Waals surface area (Å²) in [5, 5.41) is 7.61. The van der Waals surface area contributed by atoms with Crippen LogP contribution in [-0.4, -0.2) is 40.6 Å². The van der Waals surface area contributed by atoms with Crippen molar-refractivity contribution in [2.24, 2.45) is 7.05 Å². The molecular formula is C20H24N4O2S2. The molecule has 148 valence electrons. The lowest BCUT2D eigenvalue weighted by atomic mass is 9.71. The van der Waals surface area contributed by atoms with Gasteiger partial charge in [-0.1, -0.05) is 30.3 Å². The van der Waals surface area contributed by atoms with Gasteiger partial charge in [0.2, 0.25) is 0 Å². The van der Waals surface area contributed by atoms with Crippen LogP contribution < -0.4 is 0 Å². The molecule has 8 heteroatoms. The summed E-state index contributed by atoms with van der Waals surface area (Å²) in [6.07, 6.45) is 1.41. The summed E-state index contributed by atoms with van der Waals surface area (Å²) in [4.78, 5) is 4.78. The molecule has 2 aromatic heterocycles. The Morgan fingerprint density at radius 2 is 1.79 bits per heavy atom. The fourth-order valence-corrected chi connectivity index (χ4v) is 6.44. The van der Waals surface area contributed by atoms with Gasteiger partial charge in [-0.3, -0.25) is 4.68 Å².